The zero-order valence-electron chi connectivity index (χ0n) is 12.3. The molecule has 0 radical (unpaired) electrons. The molecule has 0 saturated carbocycles. The van der Waals surface area contributed by atoms with Crippen molar-refractivity contribution in [1.82, 2.24) is 10.3 Å². The second kappa shape index (κ2) is 8.45. The number of rotatable bonds is 7. The van der Waals surface area contributed by atoms with Gasteiger partial charge in [0.15, 0.2) is 0 Å². The summed E-state index contributed by atoms with van der Waals surface area (Å²) < 4.78 is 0. The number of aliphatic hydroxyl groups excluding tert-OH is 1. The Labute approximate surface area is 120 Å². The number of hydrogen-bond acceptors (Lipinski definition) is 5. The van der Waals surface area contributed by atoms with Crippen molar-refractivity contribution in [2.75, 3.05) is 13.2 Å². The maximum absolute atomic E-state index is 9.66. The molecule has 110 valence electrons. The van der Waals surface area contributed by atoms with E-state index in [0.29, 0.717) is 6.54 Å². The summed E-state index contributed by atoms with van der Waals surface area (Å²) >= 11 is 0. The lowest BCUT2D eigenvalue weighted by atomic mass is 10.1. The van der Waals surface area contributed by atoms with E-state index in [1.165, 1.54) is 6.21 Å². The van der Waals surface area contributed by atoms with Crippen molar-refractivity contribution in [2.24, 2.45) is 5.16 Å². The summed E-state index contributed by atoms with van der Waals surface area (Å²) in [6, 6.07) is 3.81. The highest BCUT2D eigenvalue weighted by atomic mass is 16.6. The molecule has 1 heterocycles. The molecule has 1 unspecified atom stereocenters. The summed E-state index contributed by atoms with van der Waals surface area (Å²) in [5, 5.41) is 16.6. The van der Waals surface area contributed by atoms with E-state index in [0.717, 1.165) is 5.56 Å². The van der Waals surface area contributed by atoms with Gasteiger partial charge in [-0.25, -0.2) is 0 Å². The fraction of sp³-hybridized carbons (Fsp3) is 0.467. The van der Waals surface area contributed by atoms with Crippen molar-refractivity contribution in [3.05, 3.63) is 36.2 Å². The van der Waals surface area contributed by atoms with Crippen molar-refractivity contribution in [3.8, 4) is 0 Å². The molecule has 0 saturated heterocycles. The number of nitrogens with zero attached hydrogens (tertiary/aromatic N) is 2. The van der Waals surface area contributed by atoms with Crippen LogP contribution in [0.2, 0.25) is 0 Å². The van der Waals surface area contributed by atoms with Gasteiger partial charge in [-0.05, 0) is 38.5 Å². The van der Waals surface area contributed by atoms with Gasteiger partial charge >= 0.3 is 0 Å². The summed E-state index contributed by atoms with van der Waals surface area (Å²) in [6.45, 7) is 6.77. The summed E-state index contributed by atoms with van der Waals surface area (Å²) in [5.74, 6) is 0. The number of nitrogens with one attached hydrogen (secondary N) is 1. The fourth-order valence-electron chi connectivity index (χ4n) is 1.32. The molecule has 1 aromatic rings. The molecule has 0 aliphatic heterocycles. The molecule has 1 atom stereocenters. The number of allylic oxidation sites excluding steroid dienone is 1. The van der Waals surface area contributed by atoms with Crippen molar-refractivity contribution in [1.29, 1.82) is 0 Å². The first-order chi connectivity index (χ1) is 9.47. The van der Waals surface area contributed by atoms with Crippen LogP contribution in [0, 0.1) is 0 Å². The third kappa shape index (κ3) is 8.39. The Kier molecular flexibility index (Phi) is 6.90. The molecule has 0 spiro atoms. The fourth-order valence-corrected chi connectivity index (χ4v) is 1.32. The topological polar surface area (TPSA) is 66.7 Å². The van der Waals surface area contributed by atoms with Gasteiger partial charge in [0.25, 0.3) is 0 Å². The molecule has 0 aliphatic carbocycles. The van der Waals surface area contributed by atoms with E-state index in [4.69, 9.17) is 4.84 Å². The van der Waals surface area contributed by atoms with E-state index in [1.807, 2.05) is 39.0 Å². The molecule has 5 nitrogen and oxygen atoms in total. The number of β-amino-alcohol motifs (C(OH)–C–C–N with tert-alkyl or cyclic N) is 1. The summed E-state index contributed by atoms with van der Waals surface area (Å²) in [4.78, 5) is 9.01. The van der Waals surface area contributed by atoms with E-state index >= 15 is 0 Å². The number of oxime groups is 1. The lowest BCUT2D eigenvalue weighted by molar-refractivity contribution is 0.0380. The van der Waals surface area contributed by atoms with Gasteiger partial charge in [-0.1, -0.05) is 17.3 Å². The van der Waals surface area contributed by atoms with Gasteiger partial charge in [0, 0.05) is 24.5 Å². The SMILES string of the molecule is CC(C)(C)NCC(O)CO/N=C/C=C/c1cccnc1. The molecule has 1 aromatic heterocycles. The van der Waals surface area contributed by atoms with Crippen molar-refractivity contribution >= 4 is 12.3 Å². The Morgan fingerprint density at radius 1 is 1.50 bits per heavy atom. The molecule has 0 aromatic carbocycles. The lowest BCUT2D eigenvalue weighted by Crippen LogP contribution is -2.42. The normalized spacial score (nSPS) is 14.0. The number of aliphatic hydroxyl groups is 1. The van der Waals surface area contributed by atoms with Crippen LogP contribution >= 0.6 is 0 Å². The van der Waals surface area contributed by atoms with Crippen molar-refractivity contribution in [3.63, 3.8) is 0 Å². The molecule has 20 heavy (non-hydrogen) atoms. The average Bonchev–Trinajstić information content (AvgIpc) is 2.41. The van der Waals surface area contributed by atoms with Crippen LogP contribution in [0.1, 0.15) is 26.3 Å². The molecule has 0 bridgehead atoms. The maximum atomic E-state index is 9.66. The first-order valence-electron chi connectivity index (χ1n) is 6.62. The average molecular weight is 277 g/mol. The monoisotopic (exact) mass is 277 g/mol. The van der Waals surface area contributed by atoms with E-state index in [2.05, 4.69) is 15.5 Å². The van der Waals surface area contributed by atoms with Gasteiger partial charge in [0.05, 0.1) is 6.21 Å². The van der Waals surface area contributed by atoms with Gasteiger partial charge in [0.1, 0.15) is 12.7 Å². The smallest absolute Gasteiger partial charge is 0.144 e. The van der Waals surface area contributed by atoms with Gasteiger partial charge in [-0.15, -0.1) is 0 Å². The predicted molar refractivity (Wildman–Crippen MR) is 81.5 cm³/mol. The largest absolute Gasteiger partial charge is 0.393 e. The summed E-state index contributed by atoms with van der Waals surface area (Å²) in [5.41, 5.74) is 0.977. The molecule has 5 heteroatoms. The van der Waals surface area contributed by atoms with Crippen molar-refractivity contribution < 1.29 is 9.94 Å². The van der Waals surface area contributed by atoms with Gasteiger partial charge in [-0.2, -0.15) is 0 Å². The highest BCUT2D eigenvalue weighted by Crippen LogP contribution is 1.99. The van der Waals surface area contributed by atoms with Gasteiger partial charge < -0.3 is 15.3 Å². The zero-order chi connectivity index (χ0) is 14.8. The van der Waals surface area contributed by atoms with Gasteiger partial charge in [0.2, 0.25) is 0 Å². The number of pyridine rings is 1. The first kappa shape index (κ1) is 16.3. The number of hydrogen-bond donors (Lipinski definition) is 2. The Morgan fingerprint density at radius 2 is 2.30 bits per heavy atom. The molecule has 2 N–H and O–H groups in total. The highest BCUT2D eigenvalue weighted by Gasteiger charge is 2.12. The highest BCUT2D eigenvalue weighted by molar-refractivity contribution is 5.77. The second-order valence-corrected chi connectivity index (χ2v) is 5.48. The Bertz CT molecular complexity index is 424. The third-order valence-electron chi connectivity index (χ3n) is 2.33. The Hall–Kier alpha value is -1.72. The molecular weight excluding hydrogens is 254 g/mol. The van der Waals surface area contributed by atoms with Crippen LogP contribution in [0.4, 0.5) is 0 Å². The van der Waals surface area contributed by atoms with Crippen LogP contribution in [0.15, 0.2) is 35.8 Å². The maximum Gasteiger partial charge on any atom is 0.144 e. The van der Waals surface area contributed by atoms with E-state index in [1.54, 1.807) is 18.5 Å². The quantitative estimate of drug-likeness (QED) is 0.589. The van der Waals surface area contributed by atoms with E-state index < -0.39 is 6.10 Å². The van der Waals surface area contributed by atoms with E-state index in [-0.39, 0.29) is 12.1 Å². The Balaban J connectivity index is 2.17. The molecular formula is C15H23N3O2. The summed E-state index contributed by atoms with van der Waals surface area (Å²) in [6.07, 6.45) is 8.08. The molecule has 0 amide bonds. The minimum absolute atomic E-state index is 0.0172. The molecule has 1 rings (SSSR count). The first-order valence-corrected chi connectivity index (χ1v) is 6.62. The molecule has 0 fully saturated rings. The van der Waals surface area contributed by atoms with Crippen LogP contribution in [0.3, 0.4) is 0 Å². The van der Waals surface area contributed by atoms with E-state index in [9.17, 15) is 5.11 Å². The zero-order valence-corrected chi connectivity index (χ0v) is 12.3. The van der Waals surface area contributed by atoms with Crippen molar-refractivity contribution in [2.45, 2.75) is 32.4 Å². The minimum atomic E-state index is -0.575. The second-order valence-electron chi connectivity index (χ2n) is 5.48. The van der Waals surface area contributed by atoms with Gasteiger partial charge in [-0.3, -0.25) is 4.98 Å². The summed E-state index contributed by atoms with van der Waals surface area (Å²) in [7, 11) is 0. The van der Waals surface area contributed by atoms with Crippen LogP contribution in [-0.2, 0) is 4.84 Å². The molecule has 0 aliphatic rings. The predicted octanol–water partition coefficient (Wildman–Crippen LogP) is 1.85. The van der Waals surface area contributed by atoms with Crippen LogP contribution in [0.25, 0.3) is 6.08 Å². The number of aromatic nitrogens is 1. The lowest BCUT2D eigenvalue weighted by Gasteiger charge is -2.22. The minimum Gasteiger partial charge on any atom is -0.393 e. The van der Waals surface area contributed by atoms with Crippen LogP contribution in [-0.4, -0.2) is 41.1 Å². The third-order valence-corrected chi connectivity index (χ3v) is 2.33. The van der Waals surface area contributed by atoms with Crippen LogP contribution in [0.5, 0.6) is 0 Å². The standard InChI is InChI=1S/C15H23N3O2/c1-15(2,3)17-11-14(19)12-20-18-9-5-7-13-6-4-8-16-10-13/h4-10,14,17,19H,11-12H2,1-3H3/b7-5+,18-9+. The van der Waals surface area contributed by atoms with Crippen LogP contribution < -0.4 is 5.32 Å². The Morgan fingerprint density at radius 3 is 2.95 bits per heavy atom.